The highest BCUT2D eigenvalue weighted by Gasteiger charge is 2.08. The fourth-order valence-corrected chi connectivity index (χ4v) is 1.62. The highest BCUT2D eigenvalue weighted by atomic mass is 35.5. The molecule has 17 heavy (non-hydrogen) atoms. The first-order valence-electron chi connectivity index (χ1n) is 5.43. The van der Waals surface area contributed by atoms with Gasteiger partial charge in [-0.25, -0.2) is 0 Å². The van der Waals surface area contributed by atoms with E-state index in [9.17, 15) is 0 Å². The molecule has 0 amide bonds. The van der Waals surface area contributed by atoms with Crippen LogP contribution in [0.1, 0.15) is 18.5 Å². The highest BCUT2D eigenvalue weighted by Crippen LogP contribution is 2.29. The van der Waals surface area contributed by atoms with E-state index in [2.05, 4.69) is 12.2 Å². The third kappa shape index (κ3) is 3.95. The summed E-state index contributed by atoms with van der Waals surface area (Å²) in [6, 6.07) is 6.12. The van der Waals surface area contributed by atoms with Crippen LogP contribution in [-0.2, 0) is 0 Å². The Morgan fingerprint density at radius 1 is 1.29 bits per heavy atom. The van der Waals surface area contributed by atoms with Crippen molar-refractivity contribution in [3.8, 4) is 11.5 Å². The summed E-state index contributed by atoms with van der Waals surface area (Å²) < 4.78 is 10.5. The molecule has 0 aromatic heterocycles. The fourth-order valence-electron chi connectivity index (χ4n) is 1.53. The summed E-state index contributed by atoms with van der Waals surface area (Å²) in [6.45, 7) is 2.82. The van der Waals surface area contributed by atoms with Gasteiger partial charge in [0.15, 0.2) is 11.5 Å². The summed E-state index contributed by atoms with van der Waals surface area (Å²) in [5, 5.41) is 3.32. The Bertz CT molecular complexity index is 380. The molecule has 0 aliphatic rings. The van der Waals surface area contributed by atoms with E-state index in [1.165, 1.54) is 5.54 Å². The topological polar surface area (TPSA) is 30.5 Å². The lowest BCUT2D eigenvalue weighted by molar-refractivity contribution is 0.354. The summed E-state index contributed by atoms with van der Waals surface area (Å²) in [5.41, 5.74) is 2.65. The molecule has 1 N–H and O–H groups in total. The van der Waals surface area contributed by atoms with Crippen LogP contribution in [0.3, 0.4) is 0 Å². The van der Waals surface area contributed by atoms with Gasteiger partial charge in [-0.1, -0.05) is 23.7 Å². The van der Waals surface area contributed by atoms with E-state index in [1.54, 1.807) is 14.2 Å². The Morgan fingerprint density at radius 2 is 2.00 bits per heavy atom. The first-order chi connectivity index (χ1) is 8.22. The lowest BCUT2D eigenvalue weighted by Gasteiger charge is -2.15. The first kappa shape index (κ1) is 13.9. The molecule has 0 aliphatic carbocycles. The van der Waals surface area contributed by atoms with E-state index in [1.807, 2.05) is 24.3 Å². The maximum absolute atomic E-state index is 5.46. The Balaban J connectivity index is 2.76. The molecular weight excluding hydrogens is 238 g/mol. The van der Waals surface area contributed by atoms with E-state index < -0.39 is 0 Å². The fraction of sp³-hybridized carbons (Fsp3) is 0.385. The number of hydrogen-bond donors (Lipinski definition) is 1. The van der Waals surface area contributed by atoms with Gasteiger partial charge in [0.1, 0.15) is 0 Å². The van der Waals surface area contributed by atoms with E-state index in [0.717, 1.165) is 23.6 Å². The van der Waals surface area contributed by atoms with Crippen molar-refractivity contribution in [3.63, 3.8) is 0 Å². The van der Waals surface area contributed by atoms with Crippen molar-refractivity contribution in [2.75, 3.05) is 20.8 Å². The van der Waals surface area contributed by atoms with Gasteiger partial charge in [0.05, 0.1) is 14.2 Å². The second kappa shape index (κ2) is 7.20. The summed E-state index contributed by atoms with van der Waals surface area (Å²) in [5.74, 6) is 1.48. The molecular formula is C13H18ClNO2. The van der Waals surface area contributed by atoms with Gasteiger partial charge in [-0.15, -0.1) is 0 Å². The molecule has 1 aromatic rings. The Kier molecular flexibility index (Phi) is 5.87. The molecule has 0 saturated carbocycles. The molecule has 1 aromatic carbocycles. The van der Waals surface area contributed by atoms with Gasteiger partial charge in [-0.3, -0.25) is 0 Å². The van der Waals surface area contributed by atoms with Crippen molar-refractivity contribution in [2.45, 2.75) is 13.0 Å². The number of ether oxygens (including phenoxy) is 2. The minimum absolute atomic E-state index is 0.225. The third-order valence-corrected chi connectivity index (χ3v) is 2.72. The average molecular weight is 256 g/mol. The lowest BCUT2D eigenvalue weighted by Crippen LogP contribution is -2.18. The second-order valence-corrected chi connectivity index (χ2v) is 3.86. The van der Waals surface area contributed by atoms with Crippen LogP contribution in [0.25, 0.3) is 0 Å². The molecule has 0 radical (unpaired) electrons. The van der Waals surface area contributed by atoms with Crippen LogP contribution in [0.5, 0.6) is 11.5 Å². The number of benzene rings is 1. The van der Waals surface area contributed by atoms with Crippen molar-refractivity contribution < 1.29 is 9.47 Å². The Morgan fingerprint density at radius 3 is 2.59 bits per heavy atom. The molecule has 0 saturated heterocycles. The van der Waals surface area contributed by atoms with Crippen LogP contribution in [0.4, 0.5) is 0 Å². The minimum atomic E-state index is 0.225. The summed E-state index contributed by atoms with van der Waals surface area (Å²) in [4.78, 5) is 0. The first-order valence-corrected chi connectivity index (χ1v) is 5.87. The van der Waals surface area contributed by atoms with Gasteiger partial charge in [0.2, 0.25) is 0 Å². The maximum Gasteiger partial charge on any atom is 0.161 e. The molecule has 0 spiro atoms. The second-order valence-electron chi connectivity index (χ2n) is 3.61. The van der Waals surface area contributed by atoms with E-state index in [-0.39, 0.29) is 6.04 Å². The van der Waals surface area contributed by atoms with Crippen LogP contribution in [0.15, 0.2) is 29.8 Å². The Hall–Kier alpha value is -1.19. The van der Waals surface area contributed by atoms with Crippen molar-refractivity contribution in [1.82, 2.24) is 5.32 Å². The van der Waals surface area contributed by atoms with Crippen LogP contribution < -0.4 is 14.8 Å². The quantitative estimate of drug-likeness (QED) is 0.847. The zero-order chi connectivity index (χ0) is 12.7. The zero-order valence-electron chi connectivity index (χ0n) is 10.4. The van der Waals surface area contributed by atoms with Gasteiger partial charge in [-0.05, 0) is 24.6 Å². The van der Waals surface area contributed by atoms with E-state index in [4.69, 9.17) is 21.1 Å². The third-order valence-electron chi connectivity index (χ3n) is 2.54. The molecule has 0 bridgehead atoms. The molecule has 4 heteroatoms. The molecule has 0 heterocycles. The average Bonchev–Trinajstić information content (AvgIpc) is 2.38. The van der Waals surface area contributed by atoms with Crippen LogP contribution >= 0.6 is 11.6 Å². The van der Waals surface area contributed by atoms with Crippen LogP contribution in [-0.4, -0.2) is 20.8 Å². The Labute approximate surface area is 107 Å². The normalized spacial score (nSPS) is 12.7. The monoisotopic (exact) mass is 255 g/mol. The molecule has 3 nitrogen and oxygen atoms in total. The SMILES string of the molecule is COc1ccc(C(C)NC/C=C/Cl)cc1OC. The van der Waals surface area contributed by atoms with Crippen molar-refractivity contribution in [3.05, 3.63) is 35.4 Å². The number of rotatable bonds is 6. The largest absolute Gasteiger partial charge is 0.493 e. The zero-order valence-corrected chi connectivity index (χ0v) is 11.1. The number of methoxy groups -OCH3 is 2. The minimum Gasteiger partial charge on any atom is -0.493 e. The van der Waals surface area contributed by atoms with Gasteiger partial charge in [-0.2, -0.15) is 0 Å². The maximum atomic E-state index is 5.46. The molecule has 94 valence electrons. The molecule has 1 rings (SSSR count). The molecule has 1 atom stereocenters. The standard InChI is InChI=1S/C13H18ClNO2/c1-10(15-8-4-7-14)11-5-6-12(16-2)13(9-11)17-3/h4-7,9-10,15H,8H2,1-3H3/b7-4+. The van der Waals surface area contributed by atoms with Gasteiger partial charge < -0.3 is 14.8 Å². The predicted molar refractivity (Wildman–Crippen MR) is 71.0 cm³/mol. The number of halogens is 1. The smallest absolute Gasteiger partial charge is 0.161 e. The van der Waals surface area contributed by atoms with Crippen molar-refractivity contribution in [1.29, 1.82) is 0 Å². The summed E-state index contributed by atoms with van der Waals surface area (Å²) in [7, 11) is 3.26. The van der Waals surface area contributed by atoms with Gasteiger partial charge >= 0.3 is 0 Å². The van der Waals surface area contributed by atoms with Crippen molar-refractivity contribution >= 4 is 11.6 Å². The lowest BCUT2D eigenvalue weighted by atomic mass is 10.1. The highest BCUT2D eigenvalue weighted by molar-refractivity contribution is 6.25. The summed E-state index contributed by atoms with van der Waals surface area (Å²) in [6.07, 6.45) is 1.86. The molecule has 0 aliphatic heterocycles. The number of nitrogens with one attached hydrogen (secondary N) is 1. The van der Waals surface area contributed by atoms with E-state index in [0.29, 0.717) is 0 Å². The number of hydrogen-bond acceptors (Lipinski definition) is 3. The molecule has 0 fully saturated rings. The van der Waals surface area contributed by atoms with Crippen LogP contribution in [0, 0.1) is 0 Å². The molecule has 1 unspecified atom stereocenters. The van der Waals surface area contributed by atoms with Crippen LogP contribution in [0.2, 0.25) is 0 Å². The van der Waals surface area contributed by atoms with Crippen molar-refractivity contribution in [2.24, 2.45) is 0 Å². The van der Waals surface area contributed by atoms with Gasteiger partial charge in [0, 0.05) is 18.1 Å². The van der Waals surface area contributed by atoms with E-state index >= 15 is 0 Å². The predicted octanol–water partition coefficient (Wildman–Crippen LogP) is 3.11. The summed E-state index contributed by atoms with van der Waals surface area (Å²) >= 11 is 5.46. The van der Waals surface area contributed by atoms with Gasteiger partial charge in [0.25, 0.3) is 0 Å².